The molecule has 0 radical (unpaired) electrons. The van der Waals surface area contributed by atoms with Gasteiger partial charge in [-0.25, -0.2) is 4.57 Å². The number of hydrogen-bond donors (Lipinski definition) is 4. The number of phosphoric acid groups is 1. The van der Waals surface area contributed by atoms with Crippen molar-refractivity contribution in [3.05, 3.63) is 35.4 Å². The van der Waals surface area contributed by atoms with Crippen LogP contribution in [0.4, 0.5) is 0 Å². The molecule has 0 aliphatic carbocycles. The zero-order valence-corrected chi connectivity index (χ0v) is 14.7. The third kappa shape index (κ3) is 5.08. The lowest BCUT2D eigenvalue weighted by Crippen LogP contribution is -2.35. The average Bonchev–Trinajstić information content (AvgIpc) is 2.80. The number of aliphatic hydroxyl groups excluding tert-OH is 2. The summed E-state index contributed by atoms with van der Waals surface area (Å²) < 4.78 is 20.6. The van der Waals surface area contributed by atoms with Gasteiger partial charge in [-0.2, -0.15) is 0 Å². The van der Waals surface area contributed by atoms with Crippen LogP contribution < -0.4 is 0 Å². The van der Waals surface area contributed by atoms with E-state index in [1.165, 1.54) is 4.90 Å². The summed E-state index contributed by atoms with van der Waals surface area (Å²) in [6.07, 6.45) is -4.39. The molecule has 1 aromatic rings. The van der Waals surface area contributed by atoms with Crippen LogP contribution in [0.25, 0.3) is 0 Å². The fourth-order valence-corrected chi connectivity index (χ4v) is 3.01. The zero-order valence-electron chi connectivity index (χ0n) is 13.8. The number of aliphatic hydroxyl groups is 2. The normalized spacial score (nSPS) is 26.6. The van der Waals surface area contributed by atoms with Gasteiger partial charge in [0.1, 0.15) is 18.3 Å². The van der Waals surface area contributed by atoms with E-state index in [0.717, 1.165) is 0 Å². The smallest absolute Gasteiger partial charge is 0.388 e. The summed E-state index contributed by atoms with van der Waals surface area (Å²) in [5, 5.41) is 20.1. The van der Waals surface area contributed by atoms with Crippen molar-refractivity contribution in [2.24, 2.45) is 0 Å². The summed E-state index contributed by atoms with van der Waals surface area (Å²) in [5.74, 6) is -0.204. The SMILES string of the molecule is CN(C)C(=O)c1ccccc1C[C@@H]1O[C@H](COP(=O)(O)O)[C@@H](O)[C@H]1O. The zero-order chi connectivity index (χ0) is 18.8. The largest absolute Gasteiger partial charge is 0.469 e. The van der Waals surface area contributed by atoms with Gasteiger partial charge in [-0.05, 0) is 11.6 Å². The van der Waals surface area contributed by atoms with Crippen LogP contribution in [-0.4, -0.2) is 75.9 Å². The van der Waals surface area contributed by atoms with Crippen molar-refractivity contribution in [1.82, 2.24) is 4.90 Å². The van der Waals surface area contributed by atoms with Crippen LogP contribution in [0.1, 0.15) is 15.9 Å². The molecule has 1 saturated heterocycles. The van der Waals surface area contributed by atoms with E-state index in [2.05, 4.69) is 4.52 Å². The molecule has 1 aliphatic rings. The first-order valence-corrected chi connectivity index (χ1v) is 9.14. The second kappa shape index (κ2) is 7.92. The molecule has 1 aliphatic heterocycles. The average molecular weight is 375 g/mol. The Bertz CT molecular complexity index is 661. The van der Waals surface area contributed by atoms with Gasteiger partial charge in [0.15, 0.2) is 0 Å². The fourth-order valence-electron chi connectivity index (χ4n) is 2.67. The van der Waals surface area contributed by atoms with E-state index in [1.54, 1.807) is 38.4 Å². The van der Waals surface area contributed by atoms with Gasteiger partial charge in [0.05, 0.1) is 12.7 Å². The molecular weight excluding hydrogens is 353 g/mol. The Morgan fingerprint density at radius 2 is 1.80 bits per heavy atom. The van der Waals surface area contributed by atoms with Gasteiger partial charge in [0, 0.05) is 26.1 Å². The van der Waals surface area contributed by atoms with Gasteiger partial charge in [0.25, 0.3) is 5.91 Å². The van der Waals surface area contributed by atoms with Crippen LogP contribution in [0, 0.1) is 0 Å². The van der Waals surface area contributed by atoms with Gasteiger partial charge in [0.2, 0.25) is 0 Å². The Morgan fingerprint density at radius 3 is 2.40 bits per heavy atom. The van der Waals surface area contributed by atoms with Crippen molar-refractivity contribution >= 4 is 13.7 Å². The van der Waals surface area contributed by atoms with Crippen molar-refractivity contribution in [2.75, 3.05) is 20.7 Å². The summed E-state index contributed by atoms with van der Waals surface area (Å²) in [6, 6.07) is 6.84. The van der Waals surface area contributed by atoms with Crippen molar-refractivity contribution in [3.8, 4) is 0 Å². The number of amides is 1. The van der Waals surface area contributed by atoms with Crippen LogP contribution in [0.5, 0.6) is 0 Å². The minimum Gasteiger partial charge on any atom is -0.388 e. The Labute approximate surface area is 145 Å². The highest BCUT2D eigenvalue weighted by molar-refractivity contribution is 7.46. The van der Waals surface area contributed by atoms with Crippen LogP contribution in [0.3, 0.4) is 0 Å². The van der Waals surface area contributed by atoms with Gasteiger partial charge in [-0.3, -0.25) is 9.32 Å². The van der Waals surface area contributed by atoms with E-state index in [-0.39, 0.29) is 12.3 Å². The molecule has 0 unspecified atom stereocenters. The predicted octanol–water partition coefficient (Wildman–Crippen LogP) is -0.471. The van der Waals surface area contributed by atoms with Crippen LogP contribution in [0.15, 0.2) is 24.3 Å². The Kier molecular flexibility index (Phi) is 6.34. The minimum atomic E-state index is -4.71. The first-order valence-electron chi connectivity index (χ1n) is 7.61. The predicted molar refractivity (Wildman–Crippen MR) is 86.8 cm³/mol. The highest BCUT2D eigenvalue weighted by Gasteiger charge is 2.43. The number of hydrogen-bond acceptors (Lipinski definition) is 6. The topological polar surface area (TPSA) is 137 Å². The second-order valence-corrected chi connectivity index (χ2v) is 7.28. The van der Waals surface area contributed by atoms with Gasteiger partial charge >= 0.3 is 7.82 Å². The number of nitrogens with zero attached hydrogens (tertiary/aromatic N) is 1. The van der Waals surface area contributed by atoms with E-state index in [1.807, 2.05) is 0 Å². The molecule has 4 atom stereocenters. The van der Waals surface area contributed by atoms with Gasteiger partial charge < -0.3 is 29.6 Å². The van der Waals surface area contributed by atoms with E-state index >= 15 is 0 Å². The highest BCUT2D eigenvalue weighted by Crippen LogP contribution is 2.37. The summed E-state index contributed by atoms with van der Waals surface area (Å²) in [7, 11) is -1.46. The van der Waals surface area contributed by atoms with Crippen LogP contribution in [-0.2, 0) is 20.2 Å². The number of rotatable bonds is 6. The molecule has 0 spiro atoms. The Hall–Kier alpha value is -1.32. The lowest BCUT2D eigenvalue weighted by molar-refractivity contribution is -0.0212. The van der Waals surface area contributed by atoms with Gasteiger partial charge in [-0.15, -0.1) is 0 Å². The van der Waals surface area contributed by atoms with Crippen LogP contribution >= 0.6 is 7.82 Å². The van der Waals surface area contributed by atoms with E-state index in [9.17, 15) is 19.6 Å². The summed E-state index contributed by atoms with van der Waals surface area (Å²) in [4.78, 5) is 31.1. The van der Waals surface area contributed by atoms with Crippen molar-refractivity contribution in [2.45, 2.75) is 30.8 Å². The maximum absolute atomic E-state index is 12.2. The summed E-state index contributed by atoms with van der Waals surface area (Å²) in [6.45, 7) is -0.558. The van der Waals surface area contributed by atoms with Crippen molar-refractivity contribution in [3.63, 3.8) is 0 Å². The molecule has 1 fully saturated rings. The van der Waals surface area contributed by atoms with E-state index < -0.39 is 38.8 Å². The lowest BCUT2D eigenvalue weighted by Gasteiger charge is -2.18. The number of phosphoric ester groups is 1. The highest BCUT2D eigenvalue weighted by atomic mass is 31.2. The first-order chi connectivity index (χ1) is 11.6. The molecular formula is C15H22NO8P. The van der Waals surface area contributed by atoms with Crippen LogP contribution in [0.2, 0.25) is 0 Å². The Balaban J connectivity index is 2.11. The second-order valence-electron chi connectivity index (χ2n) is 6.04. The third-order valence-corrected chi connectivity index (χ3v) is 4.43. The molecule has 9 nitrogen and oxygen atoms in total. The third-order valence-electron chi connectivity index (χ3n) is 3.94. The molecule has 140 valence electrons. The van der Waals surface area contributed by atoms with E-state index in [0.29, 0.717) is 11.1 Å². The molecule has 1 amide bonds. The number of ether oxygens (including phenoxy) is 1. The molecule has 1 aromatic carbocycles. The first kappa shape index (κ1) is 20.0. The molecule has 25 heavy (non-hydrogen) atoms. The molecule has 0 bridgehead atoms. The quantitative estimate of drug-likeness (QED) is 0.490. The Morgan fingerprint density at radius 1 is 1.20 bits per heavy atom. The monoisotopic (exact) mass is 375 g/mol. The summed E-state index contributed by atoms with van der Waals surface area (Å²) in [5.41, 5.74) is 1.08. The van der Waals surface area contributed by atoms with E-state index in [4.69, 9.17) is 14.5 Å². The molecule has 0 aromatic heterocycles. The van der Waals surface area contributed by atoms with Crippen molar-refractivity contribution < 1.29 is 38.6 Å². The molecule has 2 rings (SSSR count). The van der Waals surface area contributed by atoms with Crippen molar-refractivity contribution in [1.29, 1.82) is 0 Å². The standard InChI is InChI=1S/C15H22NO8P/c1-16(2)15(19)10-6-4-3-5-9(10)7-11-13(17)14(18)12(24-11)8-23-25(20,21)22/h3-6,11-14,17-18H,7-8H2,1-2H3,(H2,20,21,22)/t11-,12+,13-,14+/m0/s1. The molecule has 1 heterocycles. The molecule has 4 N–H and O–H groups in total. The molecule has 0 saturated carbocycles. The number of carbonyl (C=O) groups excluding carboxylic acids is 1. The maximum atomic E-state index is 12.2. The lowest BCUT2D eigenvalue weighted by atomic mass is 9.97. The fraction of sp³-hybridized carbons (Fsp3) is 0.533. The number of benzene rings is 1. The molecule has 10 heteroatoms. The van der Waals surface area contributed by atoms with Gasteiger partial charge in [-0.1, -0.05) is 18.2 Å². The minimum absolute atomic E-state index is 0.153. The summed E-state index contributed by atoms with van der Waals surface area (Å²) >= 11 is 0. The number of carbonyl (C=O) groups is 1. The maximum Gasteiger partial charge on any atom is 0.469 e.